The molecule has 0 radical (unpaired) electrons. The lowest BCUT2D eigenvalue weighted by atomic mass is 10.1. The first kappa shape index (κ1) is 14.3. The van der Waals surface area contributed by atoms with Gasteiger partial charge in [0, 0.05) is 0 Å². The minimum Gasteiger partial charge on any atom is -0.298 e. The minimum atomic E-state index is 0.161. The smallest absolute Gasteiger partial charge is 0.153 e. The zero-order chi connectivity index (χ0) is 12.4. The number of aldehydes is 2. The van der Waals surface area contributed by atoms with Crippen molar-refractivity contribution in [3.05, 3.63) is 41.0 Å². The summed E-state index contributed by atoms with van der Waals surface area (Å²) in [5, 5.41) is 0. The lowest BCUT2D eigenvalue weighted by molar-refractivity contribution is -0.109. The van der Waals surface area contributed by atoms with Crippen molar-refractivity contribution in [2.45, 2.75) is 27.2 Å². The highest BCUT2D eigenvalue weighted by Crippen LogP contribution is 2.07. The SMILES string of the molecule is CC.CCc1ccc(C=C(C=O)C=O)cc1. The zero-order valence-corrected chi connectivity index (χ0v) is 10.1. The molecule has 0 N–H and O–H groups in total. The van der Waals surface area contributed by atoms with E-state index in [-0.39, 0.29) is 5.57 Å². The number of carbonyl (C=O) groups is 2. The Balaban J connectivity index is 0.00000106. The molecule has 0 saturated heterocycles. The van der Waals surface area contributed by atoms with Crippen LogP contribution in [0, 0.1) is 0 Å². The molecule has 0 amide bonds. The fraction of sp³-hybridized carbons (Fsp3) is 0.286. The van der Waals surface area contributed by atoms with Gasteiger partial charge in [-0.2, -0.15) is 0 Å². The van der Waals surface area contributed by atoms with Gasteiger partial charge in [0.2, 0.25) is 0 Å². The summed E-state index contributed by atoms with van der Waals surface area (Å²) < 4.78 is 0. The standard InChI is InChI=1S/C12H12O2.C2H6/c1-2-10-3-5-11(6-4-10)7-12(8-13)9-14;1-2/h3-9H,2H2,1H3;1-2H3. The quantitative estimate of drug-likeness (QED) is 0.337. The summed E-state index contributed by atoms with van der Waals surface area (Å²) in [5.74, 6) is 0. The van der Waals surface area contributed by atoms with Gasteiger partial charge in [-0.1, -0.05) is 45.0 Å². The molecule has 0 aliphatic carbocycles. The minimum absolute atomic E-state index is 0.161. The number of hydrogen-bond acceptors (Lipinski definition) is 2. The highest BCUT2D eigenvalue weighted by Gasteiger charge is 1.93. The highest BCUT2D eigenvalue weighted by atomic mass is 16.1. The van der Waals surface area contributed by atoms with Gasteiger partial charge < -0.3 is 0 Å². The molecule has 0 fully saturated rings. The van der Waals surface area contributed by atoms with E-state index in [0.29, 0.717) is 12.6 Å². The van der Waals surface area contributed by atoms with Crippen molar-refractivity contribution in [1.29, 1.82) is 0 Å². The Hall–Kier alpha value is -1.70. The monoisotopic (exact) mass is 218 g/mol. The van der Waals surface area contributed by atoms with Crippen molar-refractivity contribution in [2.24, 2.45) is 0 Å². The summed E-state index contributed by atoms with van der Waals surface area (Å²) in [6.07, 6.45) is 3.67. The summed E-state index contributed by atoms with van der Waals surface area (Å²) in [5.41, 5.74) is 2.27. The van der Waals surface area contributed by atoms with Crippen LogP contribution in [0.15, 0.2) is 29.8 Å². The summed E-state index contributed by atoms with van der Waals surface area (Å²) in [7, 11) is 0. The van der Waals surface area contributed by atoms with Crippen LogP contribution in [0.2, 0.25) is 0 Å². The van der Waals surface area contributed by atoms with Crippen molar-refractivity contribution in [1.82, 2.24) is 0 Å². The molecule has 0 unspecified atom stereocenters. The van der Waals surface area contributed by atoms with Crippen molar-refractivity contribution in [2.75, 3.05) is 0 Å². The van der Waals surface area contributed by atoms with Crippen molar-refractivity contribution >= 4 is 18.6 Å². The topological polar surface area (TPSA) is 34.1 Å². The molecule has 0 saturated carbocycles. The van der Waals surface area contributed by atoms with Crippen LogP contribution in [0.4, 0.5) is 0 Å². The largest absolute Gasteiger partial charge is 0.298 e. The van der Waals surface area contributed by atoms with Crippen LogP contribution >= 0.6 is 0 Å². The van der Waals surface area contributed by atoms with Gasteiger partial charge >= 0.3 is 0 Å². The molecule has 0 aliphatic rings. The van der Waals surface area contributed by atoms with E-state index < -0.39 is 0 Å². The van der Waals surface area contributed by atoms with Gasteiger partial charge in [0.25, 0.3) is 0 Å². The van der Waals surface area contributed by atoms with E-state index in [9.17, 15) is 9.59 Å². The van der Waals surface area contributed by atoms with E-state index >= 15 is 0 Å². The molecule has 0 aromatic heterocycles. The summed E-state index contributed by atoms with van der Waals surface area (Å²) in [4.78, 5) is 20.7. The molecule has 0 aliphatic heterocycles. The Morgan fingerprint density at radius 1 is 1.06 bits per heavy atom. The lowest BCUT2D eigenvalue weighted by Crippen LogP contribution is -1.86. The Bertz CT molecular complexity index is 338. The van der Waals surface area contributed by atoms with Gasteiger partial charge in [-0.05, 0) is 23.6 Å². The van der Waals surface area contributed by atoms with Gasteiger partial charge in [-0.25, -0.2) is 0 Å². The normalized spacial score (nSPS) is 8.44. The van der Waals surface area contributed by atoms with Crippen molar-refractivity contribution < 1.29 is 9.59 Å². The zero-order valence-electron chi connectivity index (χ0n) is 10.1. The number of hydrogen-bond donors (Lipinski definition) is 0. The molecule has 1 aromatic rings. The van der Waals surface area contributed by atoms with E-state index in [0.717, 1.165) is 12.0 Å². The molecule has 16 heavy (non-hydrogen) atoms. The van der Waals surface area contributed by atoms with Crippen LogP contribution in [0.3, 0.4) is 0 Å². The van der Waals surface area contributed by atoms with Gasteiger partial charge in [-0.3, -0.25) is 9.59 Å². The van der Waals surface area contributed by atoms with Crippen LogP contribution in [-0.4, -0.2) is 12.6 Å². The van der Waals surface area contributed by atoms with Crippen LogP contribution in [0.5, 0.6) is 0 Å². The third-order valence-corrected chi connectivity index (χ3v) is 1.99. The molecule has 0 heterocycles. The molecule has 2 heteroatoms. The lowest BCUT2D eigenvalue weighted by Gasteiger charge is -1.97. The second kappa shape index (κ2) is 8.60. The second-order valence-corrected chi connectivity index (χ2v) is 2.98. The highest BCUT2D eigenvalue weighted by molar-refractivity contribution is 6.04. The third-order valence-electron chi connectivity index (χ3n) is 1.99. The number of rotatable bonds is 4. The van der Waals surface area contributed by atoms with Crippen LogP contribution in [0.25, 0.3) is 6.08 Å². The number of carbonyl (C=O) groups excluding carboxylic acids is 2. The average molecular weight is 218 g/mol. The first-order valence-electron chi connectivity index (χ1n) is 5.51. The van der Waals surface area contributed by atoms with E-state index in [1.807, 2.05) is 38.1 Å². The van der Waals surface area contributed by atoms with E-state index in [1.165, 1.54) is 5.56 Å². The molecular formula is C14H18O2. The Morgan fingerprint density at radius 3 is 1.94 bits per heavy atom. The average Bonchev–Trinajstić information content (AvgIpc) is 2.39. The molecule has 0 spiro atoms. The summed E-state index contributed by atoms with van der Waals surface area (Å²) in [6, 6.07) is 7.76. The fourth-order valence-corrected chi connectivity index (χ4v) is 1.14. The Kier molecular flexibility index (Phi) is 7.68. The Labute approximate surface area is 97.0 Å². The molecule has 1 rings (SSSR count). The molecule has 2 nitrogen and oxygen atoms in total. The van der Waals surface area contributed by atoms with Gasteiger partial charge in [0.1, 0.15) is 0 Å². The number of benzene rings is 1. The number of aryl methyl sites for hydroxylation is 1. The van der Waals surface area contributed by atoms with Gasteiger partial charge in [0.05, 0.1) is 5.57 Å². The molecule has 1 aromatic carbocycles. The van der Waals surface area contributed by atoms with Gasteiger partial charge in [0.15, 0.2) is 12.6 Å². The van der Waals surface area contributed by atoms with Crippen molar-refractivity contribution in [3.63, 3.8) is 0 Å². The Morgan fingerprint density at radius 2 is 1.56 bits per heavy atom. The maximum absolute atomic E-state index is 10.4. The first-order chi connectivity index (χ1) is 7.80. The number of allylic oxidation sites excluding steroid dienone is 1. The molecule has 0 atom stereocenters. The first-order valence-corrected chi connectivity index (χ1v) is 5.51. The van der Waals surface area contributed by atoms with E-state index in [1.54, 1.807) is 6.08 Å². The molecular weight excluding hydrogens is 200 g/mol. The fourth-order valence-electron chi connectivity index (χ4n) is 1.14. The van der Waals surface area contributed by atoms with E-state index in [2.05, 4.69) is 6.92 Å². The summed E-state index contributed by atoms with van der Waals surface area (Å²) >= 11 is 0. The van der Waals surface area contributed by atoms with Crippen molar-refractivity contribution in [3.8, 4) is 0 Å². The predicted molar refractivity (Wildman–Crippen MR) is 67.3 cm³/mol. The van der Waals surface area contributed by atoms with Crippen LogP contribution in [0.1, 0.15) is 31.9 Å². The molecule has 86 valence electrons. The summed E-state index contributed by atoms with van der Waals surface area (Å²) in [6.45, 7) is 6.08. The maximum atomic E-state index is 10.4. The third kappa shape index (κ3) is 4.69. The van der Waals surface area contributed by atoms with Gasteiger partial charge in [-0.15, -0.1) is 0 Å². The second-order valence-electron chi connectivity index (χ2n) is 2.98. The maximum Gasteiger partial charge on any atom is 0.153 e. The van der Waals surface area contributed by atoms with Crippen LogP contribution < -0.4 is 0 Å². The molecule has 0 bridgehead atoms. The predicted octanol–water partition coefficient (Wildman–Crippen LogP) is 3.06. The van der Waals surface area contributed by atoms with E-state index in [4.69, 9.17) is 0 Å². The van der Waals surface area contributed by atoms with Crippen LogP contribution in [-0.2, 0) is 16.0 Å².